The molecule has 0 radical (unpaired) electrons. The molecule has 7 nitrogen and oxygen atoms in total. The molecule has 0 aliphatic heterocycles. The molecule has 1 aliphatic carbocycles. The van der Waals surface area contributed by atoms with Gasteiger partial charge in [0.15, 0.2) is 0 Å². The van der Waals surface area contributed by atoms with Gasteiger partial charge in [-0.3, -0.25) is 14.4 Å². The van der Waals surface area contributed by atoms with Crippen molar-refractivity contribution in [3.8, 4) is 0 Å². The molecule has 26 heavy (non-hydrogen) atoms. The number of rotatable bonds is 12. The van der Waals surface area contributed by atoms with Crippen LogP contribution in [-0.4, -0.2) is 56.6 Å². The second-order valence-electron chi connectivity index (χ2n) is 7.01. The summed E-state index contributed by atoms with van der Waals surface area (Å²) in [4.78, 5) is 35.6. The molecule has 1 saturated carbocycles. The highest BCUT2D eigenvalue weighted by Crippen LogP contribution is 2.27. The Labute approximate surface area is 156 Å². The van der Waals surface area contributed by atoms with E-state index in [0.717, 1.165) is 25.7 Å². The third-order valence-electron chi connectivity index (χ3n) is 4.56. The van der Waals surface area contributed by atoms with Gasteiger partial charge in [0.05, 0.1) is 26.4 Å². The summed E-state index contributed by atoms with van der Waals surface area (Å²) in [5.41, 5.74) is 0. The summed E-state index contributed by atoms with van der Waals surface area (Å²) in [6, 6.07) is 0.0949. The maximum Gasteiger partial charge on any atom is 0.239 e. The van der Waals surface area contributed by atoms with Gasteiger partial charge in [-0.05, 0) is 32.6 Å². The first-order chi connectivity index (χ1) is 12.4. The molecular formula is C19H34N2O5. The fourth-order valence-corrected chi connectivity index (χ4v) is 3.07. The van der Waals surface area contributed by atoms with Crippen LogP contribution in [0.15, 0.2) is 0 Å². The van der Waals surface area contributed by atoms with E-state index in [1.54, 1.807) is 0 Å². The fourth-order valence-electron chi connectivity index (χ4n) is 3.07. The second-order valence-corrected chi connectivity index (χ2v) is 7.01. The molecule has 0 heterocycles. The third-order valence-corrected chi connectivity index (χ3v) is 4.56. The first kappa shape index (κ1) is 22.6. The molecule has 1 aliphatic rings. The van der Waals surface area contributed by atoms with E-state index in [4.69, 9.17) is 9.47 Å². The molecule has 0 aromatic carbocycles. The molecule has 0 atom stereocenters. The van der Waals surface area contributed by atoms with Gasteiger partial charge >= 0.3 is 0 Å². The van der Waals surface area contributed by atoms with Crippen LogP contribution in [0.1, 0.15) is 52.9 Å². The minimum absolute atomic E-state index is 0.0252. The standard InChI is InChI=1S/C19H34N2O5/c1-4-25-11-12-26-10-9-17(22)20-13-18(23)21-16-7-5-15(6-8-16)19(24)14(2)3/h14-16H,4-13H2,1-3H3,(H,20,22)(H,21,23). The number of amides is 2. The van der Waals surface area contributed by atoms with Gasteiger partial charge in [-0.15, -0.1) is 0 Å². The molecule has 2 N–H and O–H groups in total. The molecule has 150 valence electrons. The van der Waals surface area contributed by atoms with Crippen molar-refractivity contribution in [2.45, 2.75) is 58.9 Å². The Kier molecular flexibility index (Phi) is 11.1. The minimum Gasteiger partial charge on any atom is -0.379 e. The molecule has 0 bridgehead atoms. The summed E-state index contributed by atoms with van der Waals surface area (Å²) in [6.07, 6.45) is 3.51. The summed E-state index contributed by atoms with van der Waals surface area (Å²) in [5, 5.41) is 5.54. The van der Waals surface area contributed by atoms with Gasteiger partial charge in [0.1, 0.15) is 5.78 Å². The number of hydrogen-bond donors (Lipinski definition) is 2. The maximum absolute atomic E-state index is 12.0. The Balaban J connectivity index is 2.10. The van der Waals surface area contributed by atoms with E-state index in [-0.39, 0.29) is 42.7 Å². The first-order valence-corrected chi connectivity index (χ1v) is 9.69. The lowest BCUT2D eigenvalue weighted by atomic mass is 9.80. The lowest BCUT2D eigenvalue weighted by Crippen LogP contribution is -2.44. The molecule has 0 unspecified atom stereocenters. The van der Waals surface area contributed by atoms with Crippen molar-refractivity contribution in [1.29, 1.82) is 0 Å². The van der Waals surface area contributed by atoms with Crippen molar-refractivity contribution in [3.05, 3.63) is 0 Å². The highest BCUT2D eigenvalue weighted by molar-refractivity contribution is 5.85. The van der Waals surface area contributed by atoms with E-state index in [9.17, 15) is 14.4 Å². The van der Waals surface area contributed by atoms with Crippen molar-refractivity contribution in [2.24, 2.45) is 11.8 Å². The van der Waals surface area contributed by atoms with Crippen LogP contribution in [0.5, 0.6) is 0 Å². The van der Waals surface area contributed by atoms with E-state index < -0.39 is 0 Å². The van der Waals surface area contributed by atoms with Crippen molar-refractivity contribution in [1.82, 2.24) is 10.6 Å². The zero-order valence-electron chi connectivity index (χ0n) is 16.3. The fraction of sp³-hybridized carbons (Fsp3) is 0.842. The number of Topliss-reactive ketones (excluding diaryl/α,β-unsaturated/α-hetero) is 1. The third kappa shape index (κ3) is 9.29. The van der Waals surface area contributed by atoms with Crippen LogP contribution in [0.25, 0.3) is 0 Å². The lowest BCUT2D eigenvalue weighted by molar-refractivity contribution is -0.128. The summed E-state index contributed by atoms with van der Waals surface area (Å²) in [6.45, 7) is 7.70. The first-order valence-electron chi connectivity index (χ1n) is 9.69. The predicted molar refractivity (Wildman–Crippen MR) is 98.7 cm³/mol. The molecule has 1 rings (SSSR count). The summed E-state index contributed by atoms with van der Waals surface area (Å²) >= 11 is 0. The Morgan fingerprint density at radius 1 is 0.962 bits per heavy atom. The molecule has 2 amide bonds. The number of carbonyl (C=O) groups excluding carboxylic acids is 3. The zero-order valence-corrected chi connectivity index (χ0v) is 16.3. The molecular weight excluding hydrogens is 336 g/mol. The summed E-state index contributed by atoms with van der Waals surface area (Å²) in [5.74, 6) is 0.137. The SMILES string of the molecule is CCOCCOCCC(=O)NCC(=O)NC1CCC(C(=O)C(C)C)CC1. The average Bonchev–Trinajstić information content (AvgIpc) is 2.63. The Morgan fingerprint density at radius 2 is 1.62 bits per heavy atom. The summed E-state index contributed by atoms with van der Waals surface area (Å²) in [7, 11) is 0. The van der Waals surface area contributed by atoms with E-state index >= 15 is 0 Å². The van der Waals surface area contributed by atoms with Crippen LogP contribution in [0.3, 0.4) is 0 Å². The van der Waals surface area contributed by atoms with Crippen LogP contribution in [0, 0.1) is 11.8 Å². The molecule has 0 saturated heterocycles. The smallest absolute Gasteiger partial charge is 0.239 e. The highest BCUT2D eigenvalue weighted by atomic mass is 16.5. The topological polar surface area (TPSA) is 93.7 Å². The molecule has 0 aromatic heterocycles. The molecule has 0 aromatic rings. The predicted octanol–water partition coefficient (Wildman–Crippen LogP) is 1.45. The summed E-state index contributed by atoms with van der Waals surface area (Å²) < 4.78 is 10.4. The van der Waals surface area contributed by atoms with E-state index in [2.05, 4.69) is 10.6 Å². The maximum atomic E-state index is 12.0. The second kappa shape index (κ2) is 12.8. The largest absolute Gasteiger partial charge is 0.379 e. The van der Waals surface area contributed by atoms with Gasteiger partial charge in [0.25, 0.3) is 0 Å². The van der Waals surface area contributed by atoms with Gasteiger partial charge in [-0.2, -0.15) is 0 Å². The Hall–Kier alpha value is -1.47. The van der Waals surface area contributed by atoms with Crippen molar-refractivity contribution < 1.29 is 23.9 Å². The van der Waals surface area contributed by atoms with Crippen LogP contribution < -0.4 is 10.6 Å². The Bertz CT molecular complexity index is 445. The van der Waals surface area contributed by atoms with E-state index in [1.165, 1.54) is 0 Å². The highest BCUT2D eigenvalue weighted by Gasteiger charge is 2.28. The van der Waals surface area contributed by atoms with Crippen LogP contribution in [-0.2, 0) is 23.9 Å². The van der Waals surface area contributed by atoms with Gasteiger partial charge in [-0.25, -0.2) is 0 Å². The van der Waals surface area contributed by atoms with Crippen molar-refractivity contribution in [3.63, 3.8) is 0 Å². The van der Waals surface area contributed by atoms with Gasteiger partial charge in [0, 0.05) is 30.9 Å². The number of ether oxygens (including phenoxy) is 2. The monoisotopic (exact) mass is 370 g/mol. The van der Waals surface area contributed by atoms with E-state index in [0.29, 0.717) is 32.2 Å². The van der Waals surface area contributed by atoms with Crippen LogP contribution in [0.4, 0.5) is 0 Å². The number of hydrogen-bond acceptors (Lipinski definition) is 5. The normalized spacial score (nSPS) is 20.0. The molecule has 1 fully saturated rings. The van der Waals surface area contributed by atoms with E-state index in [1.807, 2.05) is 20.8 Å². The number of carbonyl (C=O) groups is 3. The zero-order chi connectivity index (χ0) is 19.4. The van der Waals surface area contributed by atoms with Crippen LogP contribution in [0.2, 0.25) is 0 Å². The van der Waals surface area contributed by atoms with Crippen molar-refractivity contribution >= 4 is 17.6 Å². The Morgan fingerprint density at radius 3 is 2.23 bits per heavy atom. The van der Waals surface area contributed by atoms with Crippen LogP contribution >= 0.6 is 0 Å². The van der Waals surface area contributed by atoms with Crippen molar-refractivity contribution in [2.75, 3.05) is 33.0 Å². The number of nitrogens with one attached hydrogen (secondary N) is 2. The minimum atomic E-state index is -0.206. The van der Waals surface area contributed by atoms with Gasteiger partial charge in [0.2, 0.25) is 11.8 Å². The lowest BCUT2D eigenvalue weighted by Gasteiger charge is -2.29. The quantitative estimate of drug-likeness (QED) is 0.507. The molecule has 7 heteroatoms. The molecule has 0 spiro atoms. The number of ketones is 1. The van der Waals surface area contributed by atoms with Gasteiger partial charge < -0.3 is 20.1 Å². The van der Waals surface area contributed by atoms with Gasteiger partial charge in [-0.1, -0.05) is 13.8 Å². The average molecular weight is 370 g/mol.